The van der Waals surface area contributed by atoms with E-state index in [1.54, 1.807) is 6.92 Å². The van der Waals surface area contributed by atoms with E-state index in [2.05, 4.69) is 0 Å². The number of hydrogen-bond donors (Lipinski definition) is 1. The second kappa shape index (κ2) is 4.73. The molecular weight excluding hydrogens is 231 g/mol. The Morgan fingerprint density at radius 2 is 2.06 bits per heavy atom. The first-order valence-electron chi connectivity index (χ1n) is 4.91. The van der Waals surface area contributed by atoms with Crippen molar-refractivity contribution < 1.29 is 18.3 Å². The van der Waals surface area contributed by atoms with Gasteiger partial charge in [0.15, 0.2) is 7.98 Å². The number of rotatable bonds is 3. The maximum Gasteiger partial charge on any atom is 0.305 e. The highest BCUT2D eigenvalue weighted by Gasteiger charge is 2.35. The molecule has 1 saturated heterocycles. The lowest BCUT2D eigenvalue weighted by Gasteiger charge is -2.42. The van der Waals surface area contributed by atoms with Crippen LogP contribution in [-0.4, -0.2) is 68.0 Å². The van der Waals surface area contributed by atoms with Gasteiger partial charge in [-0.1, -0.05) is 0 Å². The molecule has 2 unspecified atom stereocenters. The van der Waals surface area contributed by atoms with Gasteiger partial charge in [-0.15, -0.1) is 0 Å². The molecule has 0 aromatic heterocycles. The maximum absolute atomic E-state index is 11.5. The zero-order chi connectivity index (χ0) is 12.5. The van der Waals surface area contributed by atoms with Crippen LogP contribution in [0, 0.1) is 0 Å². The van der Waals surface area contributed by atoms with Gasteiger partial charge in [-0.25, -0.2) is 8.42 Å². The summed E-state index contributed by atoms with van der Waals surface area (Å²) in [5, 5.41) is 8.72. The summed E-state index contributed by atoms with van der Waals surface area (Å²) in [4.78, 5) is 12.1. The zero-order valence-corrected chi connectivity index (χ0v) is 10.1. The average Bonchev–Trinajstić information content (AvgIpc) is 2.08. The molecule has 0 bridgehead atoms. The Morgan fingerprint density at radius 3 is 2.50 bits per heavy atom. The molecule has 0 amide bonds. The Balaban J connectivity index is 2.88. The minimum absolute atomic E-state index is 0.111. The van der Waals surface area contributed by atoms with Gasteiger partial charge in [-0.05, 0) is 6.92 Å². The minimum Gasteiger partial charge on any atom is -0.481 e. The van der Waals surface area contributed by atoms with Crippen molar-refractivity contribution in [2.24, 2.45) is 0 Å². The van der Waals surface area contributed by atoms with Crippen LogP contribution in [0.3, 0.4) is 0 Å². The first-order chi connectivity index (χ1) is 7.21. The Labute approximate surface area is 96.7 Å². The van der Waals surface area contributed by atoms with Crippen LogP contribution in [0.4, 0.5) is 0 Å². The van der Waals surface area contributed by atoms with E-state index in [9.17, 15) is 13.2 Å². The topological polar surface area (TPSA) is 77.9 Å². The fraction of sp³-hybridized carbons (Fsp3) is 0.875. The molecule has 1 rings (SSSR count). The summed E-state index contributed by atoms with van der Waals surface area (Å²) in [6.45, 7) is 2.27. The Morgan fingerprint density at radius 1 is 1.50 bits per heavy atom. The number of piperazine rings is 1. The molecule has 2 atom stereocenters. The predicted molar refractivity (Wildman–Crippen MR) is 59.5 cm³/mol. The van der Waals surface area contributed by atoms with Crippen molar-refractivity contribution >= 4 is 24.0 Å². The number of carboxylic acid groups (broad SMARTS) is 1. The lowest BCUT2D eigenvalue weighted by molar-refractivity contribution is -0.138. The standard InChI is InChI=1S/C8H15BN2O4S/c1-6-4-11(16(2,14)15)7(3-8(12)13)5-10(6)9/h6-7H,3-5H2,1-2H3,(H,12,13). The highest BCUT2D eigenvalue weighted by Crippen LogP contribution is 2.18. The van der Waals surface area contributed by atoms with Gasteiger partial charge >= 0.3 is 5.97 Å². The van der Waals surface area contributed by atoms with Gasteiger partial charge in [-0.3, -0.25) is 4.79 Å². The highest BCUT2D eigenvalue weighted by molar-refractivity contribution is 7.88. The molecule has 6 nitrogen and oxygen atoms in total. The van der Waals surface area contributed by atoms with E-state index < -0.39 is 22.0 Å². The Kier molecular flexibility index (Phi) is 3.98. The molecule has 1 fully saturated rings. The van der Waals surface area contributed by atoms with Gasteiger partial charge < -0.3 is 9.92 Å². The third kappa shape index (κ3) is 3.20. The normalized spacial score (nSPS) is 29.1. The molecule has 0 aromatic rings. The van der Waals surface area contributed by atoms with Crippen LogP contribution < -0.4 is 0 Å². The van der Waals surface area contributed by atoms with Crippen molar-refractivity contribution in [1.82, 2.24) is 9.12 Å². The molecule has 0 aromatic carbocycles. The lowest BCUT2D eigenvalue weighted by atomic mass is 10.0. The van der Waals surface area contributed by atoms with Crippen molar-refractivity contribution in [3.05, 3.63) is 0 Å². The van der Waals surface area contributed by atoms with E-state index in [1.807, 2.05) is 0 Å². The van der Waals surface area contributed by atoms with E-state index in [0.29, 0.717) is 0 Å². The number of carboxylic acids is 1. The largest absolute Gasteiger partial charge is 0.481 e. The summed E-state index contributed by atoms with van der Waals surface area (Å²) in [7, 11) is 2.28. The first kappa shape index (κ1) is 13.5. The van der Waals surface area contributed by atoms with Crippen LogP contribution >= 0.6 is 0 Å². The molecule has 1 N–H and O–H groups in total. The van der Waals surface area contributed by atoms with E-state index in [0.717, 1.165) is 6.26 Å². The lowest BCUT2D eigenvalue weighted by Crippen LogP contribution is -2.58. The molecule has 16 heavy (non-hydrogen) atoms. The third-order valence-corrected chi connectivity index (χ3v) is 3.97. The van der Waals surface area contributed by atoms with Gasteiger partial charge in [0.2, 0.25) is 10.0 Å². The fourth-order valence-electron chi connectivity index (χ4n) is 1.80. The molecule has 0 saturated carbocycles. The SMILES string of the molecule is [B]N1CC(CC(=O)O)N(S(C)(=O)=O)CC1C. The van der Waals surface area contributed by atoms with Gasteiger partial charge in [0.1, 0.15) is 0 Å². The Hall–Kier alpha value is -0.595. The molecule has 1 heterocycles. The molecular formula is C8H15BN2O4S. The molecule has 0 aliphatic carbocycles. The van der Waals surface area contributed by atoms with E-state index in [4.69, 9.17) is 13.1 Å². The molecule has 8 heteroatoms. The third-order valence-electron chi connectivity index (χ3n) is 2.68. The van der Waals surface area contributed by atoms with E-state index in [-0.39, 0.29) is 25.6 Å². The summed E-state index contributed by atoms with van der Waals surface area (Å²) >= 11 is 0. The fourth-order valence-corrected chi connectivity index (χ4v) is 2.97. The van der Waals surface area contributed by atoms with Gasteiger partial charge in [0.25, 0.3) is 0 Å². The highest BCUT2D eigenvalue weighted by atomic mass is 32.2. The van der Waals surface area contributed by atoms with Crippen LogP contribution in [0.2, 0.25) is 0 Å². The number of sulfonamides is 1. The van der Waals surface area contributed by atoms with Crippen LogP contribution in [-0.2, 0) is 14.8 Å². The smallest absolute Gasteiger partial charge is 0.305 e. The number of nitrogens with zero attached hydrogens (tertiary/aromatic N) is 2. The summed E-state index contributed by atoms with van der Waals surface area (Å²) in [5.74, 6) is -1.03. The van der Waals surface area contributed by atoms with Gasteiger partial charge in [0, 0.05) is 25.2 Å². The second-order valence-corrected chi connectivity index (χ2v) is 6.07. The van der Waals surface area contributed by atoms with Crippen molar-refractivity contribution in [2.75, 3.05) is 19.3 Å². The van der Waals surface area contributed by atoms with E-state index >= 15 is 0 Å². The van der Waals surface area contributed by atoms with Crippen molar-refractivity contribution in [2.45, 2.75) is 25.4 Å². The zero-order valence-electron chi connectivity index (χ0n) is 9.33. The Bertz CT molecular complexity index is 372. The van der Waals surface area contributed by atoms with Crippen LogP contribution in [0.25, 0.3) is 0 Å². The van der Waals surface area contributed by atoms with Gasteiger partial charge in [-0.2, -0.15) is 4.31 Å². The van der Waals surface area contributed by atoms with Crippen molar-refractivity contribution in [3.8, 4) is 0 Å². The van der Waals surface area contributed by atoms with E-state index in [1.165, 1.54) is 9.12 Å². The number of aliphatic carboxylic acids is 1. The van der Waals surface area contributed by atoms with Crippen molar-refractivity contribution in [3.63, 3.8) is 0 Å². The summed E-state index contributed by atoms with van der Waals surface area (Å²) < 4.78 is 24.2. The number of hydrogen-bond acceptors (Lipinski definition) is 4. The van der Waals surface area contributed by atoms with Crippen molar-refractivity contribution in [1.29, 1.82) is 0 Å². The van der Waals surface area contributed by atoms with Crippen LogP contribution in [0.1, 0.15) is 13.3 Å². The molecule has 2 radical (unpaired) electrons. The second-order valence-electron chi connectivity index (χ2n) is 4.13. The van der Waals surface area contributed by atoms with Gasteiger partial charge in [0.05, 0.1) is 12.7 Å². The molecule has 1 aliphatic rings. The summed E-state index contributed by atoms with van der Waals surface area (Å²) in [6, 6.07) is -0.700. The summed E-state index contributed by atoms with van der Waals surface area (Å²) in [5.41, 5.74) is 0. The first-order valence-corrected chi connectivity index (χ1v) is 6.76. The molecule has 1 aliphatic heterocycles. The van der Waals surface area contributed by atoms with Crippen LogP contribution in [0.15, 0.2) is 0 Å². The number of carbonyl (C=O) groups is 1. The quantitative estimate of drug-likeness (QED) is 0.638. The maximum atomic E-state index is 11.5. The molecule has 90 valence electrons. The molecule has 0 spiro atoms. The predicted octanol–water partition coefficient (Wildman–Crippen LogP) is -1.12. The minimum atomic E-state index is -3.39. The van der Waals surface area contributed by atoms with Crippen LogP contribution in [0.5, 0.6) is 0 Å². The average molecular weight is 246 g/mol. The summed E-state index contributed by atoms with van der Waals surface area (Å²) in [6.07, 6.45) is 0.855. The monoisotopic (exact) mass is 246 g/mol.